The van der Waals surface area contributed by atoms with Gasteiger partial charge in [-0.3, -0.25) is 14.4 Å². The first kappa shape index (κ1) is 20.9. The molecular formula is C19H17F3N2O4. The van der Waals surface area contributed by atoms with Gasteiger partial charge in [0.2, 0.25) is 0 Å². The smallest absolute Gasteiger partial charge is 0.405 e. The Morgan fingerprint density at radius 1 is 0.857 bits per heavy atom. The van der Waals surface area contributed by atoms with E-state index >= 15 is 0 Å². The Balaban J connectivity index is 1.75. The van der Waals surface area contributed by atoms with Gasteiger partial charge in [-0.05, 0) is 23.3 Å². The Kier molecular flexibility index (Phi) is 7.14. The summed E-state index contributed by atoms with van der Waals surface area (Å²) in [5.74, 6) is -2.57. The molecule has 9 heteroatoms. The molecule has 0 fully saturated rings. The lowest BCUT2D eigenvalue weighted by Gasteiger charge is -2.09. The van der Waals surface area contributed by atoms with Crippen LogP contribution < -0.4 is 10.6 Å². The SMILES string of the molecule is O=C(COC(=O)CNC(=O)c1ccc(-c2ccccc2)cc1)NCC(F)(F)F. The van der Waals surface area contributed by atoms with E-state index in [0.29, 0.717) is 5.56 Å². The van der Waals surface area contributed by atoms with Gasteiger partial charge < -0.3 is 15.4 Å². The van der Waals surface area contributed by atoms with E-state index in [-0.39, 0.29) is 0 Å². The lowest BCUT2D eigenvalue weighted by Crippen LogP contribution is -2.37. The molecular weight excluding hydrogens is 377 g/mol. The summed E-state index contributed by atoms with van der Waals surface area (Å²) >= 11 is 0. The van der Waals surface area contributed by atoms with Crippen molar-refractivity contribution in [2.75, 3.05) is 19.7 Å². The predicted octanol–water partition coefficient (Wildman–Crippen LogP) is 2.31. The second kappa shape index (κ2) is 9.54. The van der Waals surface area contributed by atoms with E-state index in [0.717, 1.165) is 11.1 Å². The first-order valence-corrected chi connectivity index (χ1v) is 8.17. The van der Waals surface area contributed by atoms with E-state index in [9.17, 15) is 27.6 Å². The van der Waals surface area contributed by atoms with Crippen molar-refractivity contribution in [3.05, 3.63) is 60.2 Å². The predicted molar refractivity (Wildman–Crippen MR) is 94.2 cm³/mol. The van der Waals surface area contributed by atoms with Crippen LogP contribution in [0, 0.1) is 0 Å². The van der Waals surface area contributed by atoms with Gasteiger partial charge in [-0.25, -0.2) is 0 Å². The van der Waals surface area contributed by atoms with Crippen molar-refractivity contribution < 1.29 is 32.3 Å². The zero-order valence-electron chi connectivity index (χ0n) is 14.6. The summed E-state index contributed by atoms with van der Waals surface area (Å²) in [4.78, 5) is 34.6. The quantitative estimate of drug-likeness (QED) is 0.706. The van der Waals surface area contributed by atoms with Crippen molar-refractivity contribution in [2.24, 2.45) is 0 Å². The minimum absolute atomic E-state index is 0.315. The highest BCUT2D eigenvalue weighted by molar-refractivity contribution is 5.96. The third-order valence-corrected chi connectivity index (χ3v) is 3.50. The molecule has 0 aromatic heterocycles. The first-order valence-electron chi connectivity index (χ1n) is 8.17. The van der Waals surface area contributed by atoms with Gasteiger partial charge in [0.15, 0.2) is 6.61 Å². The maximum absolute atomic E-state index is 12.0. The molecule has 0 atom stereocenters. The van der Waals surface area contributed by atoms with Gasteiger partial charge in [0.05, 0.1) is 0 Å². The van der Waals surface area contributed by atoms with Gasteiger partial charge >= 0.3 is 12.1 Å². The fourth-order valence-electron chi connectivity index (χ4n) is 2.15. The molecule has 6 nitrogen and oxygen atoms in total. The number of carbonyl (C=O) groups excluding carboxylic acids is 3. The van der Waals surface area contributed by atoms with Crippen LogP contribution in [0.25, 0.3) is 11.1 Å². The molecule has 2 aromatic rings. The van der Waals surface area contributed by atoms with Crippen molar-refractivity contribution >= 4 is 17.8 Å². The maximum Gasteiger partial charge on any atom is 0.405 e. The molecule has 0 spiro atoms. The fraction of sp³-hybridized carbons (Fsp3) is 0.211. The van der Waals surface area contributed by atoms with Gasteiger partial charge in [0.1, 0.15) is 13.1 Å². The van der Waals surface area contributed by atoms with Crippen molar-refractivity contribution in [1.82, 2.24) is 10.6 Å². The van der Waals surface area contributed by atoms with E-state index in [4.69, 9.17) is 0 Å². The van der Waals surface area contributed by atoms with E-state index in [1.54, 1.807) is 29.6 Å². The Morgan fingerprint density at radius 2 is 1.46 bits per heavy atom. The number of amides is 2. The molecule has 0 saturated heterocycles. The number of hydrogen-bond donors (Lipinski definition) is 2. The second-order valence-electron chi connectivity index (χ2n) is 5.68. The number of nitrogens with one attached hydrogen (secondary N) is 2. The van der Waals surface area contributed by atoms with Crippen LogP contribution in [0.1, 0.15) is 10.4 Å². The molecule has 2 aromatic carbocycles. The molecule has 148 valence electrons. The summed E-state index contributed by atoms with van der Waals surface area (Å²) in [7, 11) is 0. The first-order chi connectivity index (χ1) is 13.2. The lowest BCUT2D eigenvalue weighted by molar-refractivity contribution is -0.150. The van der Waals surface area contributed by atoms with Gasteiger partial charge in [-0.15, -0.1) is 0 Å². The summed E-state index contributed by atoms with van der Waals surface area (Å²) < 4.78 is 40.3. The van der Waals surface area contributed by atoms with Gasteiger partial charge in [0, 0.05) is 5.56 Å². The number of hydrogen-bond acceptors (Lipinski definition) is 4. The molecule has 0 radical (unpaired) electrons. The van der Waals surface area contributed by atoms with Gasteiger partial charge in [-0.2, -0.15) is 13.2 Å². The Labute approximate surface area is 158 Å². The molecule has 0 aliphatic rings. The minimum atomic E-state index is -4.55. The zero-order chi connectivity index (χ0) is 20.6. The number of esters is 1. The number of halogens is 3. The monoisotopic (exact) mass is 394 g/mol. The van der Waals surface area contributed by atoms with Crippen LogP contribution in [0.15, 0.2) is 54.6 Å². The highest BCUT2D eigenvalue weighted by atomic mass is 19.4. The molecule has 0 heterocycles. The van der Waals surface area contributed by atoms with E-state index in [2.05, 4.69) is 10.1 Å². The van der Waals surface area contributed by atoms with Gasteiger partial charge in [-0.1, -0.05) is 42.5 Å². The number of ether oxygens (including phenoxy) is 1. The summed E-state index contributed by atoms with van der Waals surface area (Å²) in [6, 6.07) is 16.2. The van der Waals surface area contributed by atoms with E-state index < -0.39 is 43.7 Å². The number of rotatable bonds is 7. The van der Waals surface area contributed by atoms with E-state index in [1.165, 1.54) is 0 Å². The van der Waals surface area contributed by atoms with Crippen molar-refractivity contribution in [3.8, 4) is 11.1 Å². The van der Waals surface area contributed by atoms with Crippen molar-refractivity contribution in [1.29, 1.82) is 0 Å². The van der Waals surface area contributed by atoms with Crippen LogP contribution in [-0.2, 0) is 14.3 Å². The molecule has 28 heavy (non-hydrogen) atoms. The van der Waals surface area contributed by atoms with Crippen LogP contribution in [0.4, 0.5) is 13.2 Å². The van der Waals surface area contributed by atoms with Crippen LogP contribution in [0.3, 0.4) is 0 Å². The number of benzene rings is 2. The highest BCUT2D eigenvalue weighted by Gasteiger charge is 2.27. The molecule has 0 saturated carbocycles. The molecule has 0 bridgehead atoms. The van der Waals surface area contributed by atoms with E-state index in [1.807, 2.05) is 30.3 Å². The molecule has 0 unspecified atom stereocenters. The normalized spacial score (nSPS) is 10.8. The molecule has 2 rings (SSSR count). The second-order valence-corrected chi connectivity index (χ2v) is 5.68. The Bertz CT molecular complexity index is 821. The topological polar surface area (TPSA) is 84.5 Å². The summed E-state index contributed by atoms with van der Waals surface area (Å²) in [5.41, 5.74) is 2.22. The molecule has 2 N–H and O–H groups in total. The third kappa shape index (κ3) is 7.10. The molecule has 0 aliphatic carbocycles. The lowest BCUT2D eigenvalue weighted by atomic mass is 10.0. The van der Waals surface area contributed by atoms with Crippen molar-refractivity contribution in [2.45, 2.75) is 6.18 Å². The molecule has 0 aliphatic heterocycles. The third-order valence-electron chi connectivity index (χ3n) is 3.50. The van der Waals surface area contributed by atoms with Crippen LogP contribution in [0.2, 0.25) is 0 Å². The average Bonchev–Trinajstić information content (AvgIpc) is 2.69. The van der Waals surface area contributed by atoms with Crippen LogP contribution in [0.5, 0.6) is 0 Å². The maximum atomic E-state index is 12.0. The fourth-order valence-corrected chi connectivity index (χ4v) is 2.15. The Morgan fingerprint density at radius 3 is 2.07 bits per heavy atom. The molecule has 2 amide bonds. The van der Waals surface area contributed by atoms with Crippen molar-refractivity contribution in [3.63, 3.8) is 0 Å². The number of carbonyl (C=O) groups is 3. The highest BCUT2D eigenvalue weighted by Crippen LogP contribution is 2.19. The summed E-state index contributed by atoms with van der Waals surface area (Å²) in [6.07, 6.45) is -4.55. The average molecular weight is 394 g/mol. The van der Waals surface area contributed by atoms with Crippen LogP contribution in [-0.4, -0.2) is 43.7 Å². The zero-order valence-corrected chi connectivity index (χ0v) is 14.6. The van der Waals surface area contributed by atoms with Crippen LogP contribution >= 0.6 is 0 Å². The largest absolute Gasteiger partial charge is 0.454 e. The summed E-state index contributed by atoms with van der Waals surface area (Å²) in [5, 5.41) is 3.87. The number of alkyl halides is 3. The summed E-state index contributed by atoms with van der Waals surface area (Å²) in [6.45, 7) is -2.90. The van der Waals surface area contributed by atoms with Gasteiger partial charge in [0.25, 0.3) is 11.8 Å². The Hall–Kier alpha value is -3.36. The minimum Gasteiger partial charge on any atom is -0.454 e. The standard InChI is InChI=1S/C19H17F3N2O4/c20-19(21,22)12-24-16(25)11-28-17(26)10-23-18(27)15-8-6-14(7-9-15)13-4-2-1-3-5-13/h1-9H,10-12H2,(H,23,27)(H,24,25).